The van der Waals surface area contributed by atoms with Crippen LogP contribution in [-0.4, -0.2) is 30.2 Å². The molecule has 1 aromatic carbocycles. The molecule has 1 N–H and O–H groups in total. The number of fused-ring (bicyclic) bond motifs is 3. The van der Waals surface area contributed by atoms with Crippen LogP contribution in [0.5, 0.6) is 11.5 Å². The van der Waals surface area contributed by atoms with E-state index in [0.29, 0.717) is 47.5 Å². The van der Waals surface area contributed by atoms with Crippen molar-refractivity contribution in [2.75, 3.05) is 7.11 Å². The second kappa shape index (κ2) is 5.99. The van der Waals surface area contributed by atoms with Crippen LogP contribution in [0.15, 0.2) is 21.3 Å². The van der Waals surface area contributed by atoms with E-state index in [2.05, 4.69) is 0 Å². The van der Waals surface area contributed by atoms with E-state index in [4.69, 9.17) is 18.6 Å². The smallest absolute Gasteiger partial charge is 0.216 e. The van der Waals surface area contributed by atoms with Gasteiger partial charge in [0.1, 0.15) is 28.2 Å². The summed E-state index contributed by atoms with van der Waals surface area (Å²) >= 11 is 0. The summed E-state index contributed by atoms with van der Waals surface area (Å²) in [5, 5.41) is 10.7. The number of benzene rings is 1. The van der Waals surface area contributed by atoms with Gasteiger partial charge in [-0.3, -0.25) is 4.79 Å². The normalized spacial score (nSPS) is 30.9. The van der Waals surface area contributed by atoms with Crippen LogP contribution in [-0.2, 0) is 11.2 Å². The Morgan fingerprint density at radius 3 is 2.77 bits per heavy atom. The van der Waals surface area contributed by atoms with Gasteiger partial charge in [-0.1, -0.05) is 6.92 Å². The van der Waals surface area contributed by atoms with Gasteiger partial charge in [0.2, 0.25) is 5.79 Å². The number of methoxy groups -OCH3 is 1. The van der Waals surface area contributed by atoms with E-state index in [0.717, 1.165) is 5.56 Å². The molecule has 1 spiro atoms. The summed E-state index contributed by atoms with van der Waals surface area (Å²) in [5.41, 5.74) is 1.11. The van der Waals surface area contributed by atoms with Crippen molar-refractivity contribution < 1.29 is 23.7 Å². The molecule has 0 unspecified atom stereocenters. The molecule has 0 bridgehead atoms. The molecule has 1 fully saturated rings. The molecular formula is C20H24O6. The summed E-state index contributed by atoms with van der Waals surface area (Å²) in [7, 11) is 1.59. The highest BCUT2D eigenvalue weighted by atomic mass is 16.7. The van der Waals surface area contributed by atoms with Crippen molar-refractivity contribution >= 4 is 11.0 Å². The highest BCUT2D eigenvalue weighted by molar-refractivity contribution is 5.87. The second-order valence-electron chi connectivity index (χ2n) is 7.52. The number of rotatable bonds is 1. The standard InChI is InChI=1S/C20H24O6/c1-10-5-14-16(23-4)8-17-18(15(22)7-11(2)24-17)19(14)26-20(10)9-13(21)6-12(3)25-20/h7-8,10,12-13,21H,5-6,9H2,1-4H3/t10-,12+,13+,20-/m0/s1. The van der Waals surface area contributed by atoms with E-state index in [1.165, 1.54) is 6.07 Å². The SMILES string of the molecule is COc1cc2oc(C)cc(=O)c2c2c1C[C@H](C)[C@]1(C[C@H](O)C[C@@H](C)O1)O2. The number of ether oxygens (including phenoxy) is 3. The van der Waals surface area contributed by atoms with E-state index in [1.807, 2.05) is 13.8 Å². The Hall–Kier alpha value is -2.05. The number of hydrogen-bond donors (Lipinski definition) is 1. The molecule has 6 heteroatoms. The Bertz CT molecular complexity index is 905. The highest BCUT2D eigenvalue weighted by Crippen LogP contribution is 2.48. The maximum absolute atomic E-state index is 12.7. The van der Waals surface area contributed by atoms with Gasteiger partial charge in [0, 0.05) is 30.0 Å². The maximum Gasteiger partial charge on any atom is 0.216 e. The Labute approximate surface area is 151 Å². The summed E-state index contributed by atoms with van der Waals surface area (Å²) in [5.74, 6) is 0.651. The first-order valence-corrected chi connectivity index (χ1v) is 9.02. The van der Waals surface area contributed by atoms with E-state index in [-0.39, 0.29) is 17.5 Å². The third-order valence-corrected chi connectivity index (χ3v) is 5.44. The van der Waals surface area contributed by atoms with Crippen LogP contribution < -0.4 is 14.9 Å². The zero-order valence-electron chi connectivity index (χ0n) is 15.5. The number of aryl methyl sites for hydroxylation is 1. The minimum absolute atomic E-state index is 0.00348. The Morgan fingerprint density at radius 1 is 1.31 bits per heavy atom. The molecule has 26 heavy (non-hydrogen) atoms. The van der Waals surface area contributed by atoms with E-state index < -0.39 is 11.9 Å². The minimum atomic E-state index is -0.958. The minimum Gasteiger partial charge on any atom is -0.496 e. The fourth-order valence-corrected chi connectivity index (χ4v) is 4.26. The van der Waals surface area contributed by atoms with Crippen LogP contribution in [0.25, 0.3) is 11.0 Å². The lowest BCUT2D eigenvalue weighted by atomic mass is 9.82. The van der Waals surface area contributed by atoms with Gasteiger partial charge in [-0.2, -0.15) is 0 Å². The predicted molar refractivity (Wildman–Crippen MR) is 95.8 cm³/mol. The van der Waals surface area contributed by atoms with Crippen LogP contribution in [0.1, 0.15) is 38.0 Å². The first-order valence-electron chi connectivity index (χ1n) is 9.02. The molecular weight excluding hydrogens is 336 g/mol. The van der Waals surface area contributed by atoms with Gasteiger partial charge in [0.15, 0.2) is 5.43 Å². The van der Waals surface area contributed by atoms with Gasteiger partial charge in [0.25, 0.3) is 0 Å². The second-order valence-corrected chi connectivity index (χ2v) is 7.52. The quantitative estimate of drug-likeness (QED) is 0.842. The Kier molecular flexibility index (Phi) is 4.00. The Morgan fingerprint density at radius 2 is 2.08 bits per heavy atom. The number of aliphatic hydroxyl groups excluding tert-OH is 1. The van der Waals surface area contributed by atoms with Crippen molar-refractivity contribution in [1.29, 1.82) is 0 Å². The van der Waals surface area contributed by atoms with E-state index >= 15 is 0 Å². The molecule has 140 valence electrons. The van der Waals surface area contributed by atoms with Gasteiger partial charge in [-0.25, -0.2) is 0 Å². The number of aliphatic hydroxyl groups is 1. The third-order valence-electron chi connectivity index (χ3n) is 5.44. The van der Waals surface area contributed by atoms with Crippen molar-refractivity contribution in [3.05, 3.63) is 33.7 Å². The average Bonchev–Trinajstić information content (AvgIpc) is 2.54. The lowest BCUT2D eigenvalue weighted by Gasteiger charge is -2.48. The topological polar surface area (TPSA) is 78.1 Å². The Balaban J connectivity index is 1.94. The van der Waals surface area contributed by atoms with Crippen molar-refractivity contribution in [2.45, 2.75) is 58.0 Å². The average molecular weight is 360 g/mol. The van der Waals surface area contributed by atoms with Gasteiger partial charge in [-0.15, -0.1) is 0 Å². The molecule has 1 aromatic heterocycles. The van der Waals surface area contributed by atoms with Crippen LogP contribution in [0.3, 0.4) is 0 Å². The van der Waals surface area contributed by atoms with Gasteiger partial charge >= 0.3 is 0 Å². The van der Waals surface area contributed by atoms with Gasteiger partial charge in [-0.05, 0) is 26.7 Å². The molecule has 0 aliphatic carbocycles. The zero-order chi connectivity index (χ0) is 18.6. The summed E-state index contributed by atoms with van der Waals surface area (Å²) in [4.78, 5) is 12.7. The zero-order valence-corrected chi connectivity index (χ0v) is 15.5. The molecule has 1 saturated heterocycles. The van der Waals surface area contributed by atoms with Crippen LogP contribution in [0.4, 0.5) is 0 Å². The summed E-state index contributed by atoms with van der Waals surface area (Å²) < 4.78 is 23.8. The first kappa shape index (κ1) is 17.4. The molecule has 4 rings (SSSR count). The molecule has 0 radical (unpaired) electrons. The monoisotopic (exact) mass is 360 g/mol. The summed E-state index contributed by atoms with van der Waals surface area (Å²) in [6.45, 7) is 5.70. The molecule has 3 heterocycles. The molecule has 0 saturated carbocycles. The van der Waals surface area contributed by atoms with Crippen LogP contribution in [0, 0.1) is 12.8 Å². The first-order chi connectivity index (χ1) is 12.3. The van der Waals surface area contributed by atoms with Crippen LogP contribution in [0.2, 0.25) is 0 Å². The van der Waals surface area contributed by atoms with Crippen LogP contribution >= 0.6 is 0 Å². The van der Waals surface area contributed by atoms with Crippen molar-refractivity contribution in [3.8, 4) is 11.5 Å². The highest BCUT2D eigenvalue weighted by Gasteiger charge is 2.50. The van der Waals surface area contributed by atoms with Gasteiger partial charge < -0.3 is 23.7 Å². The lowest BCUT2D eigenvalue weighted by molar-refractivity contribution is -0.280. The lowest BCUT2D eigenvalue weighted by Crippen LogP contribution is -2.56. The summed E-state index contributed by atoms with van der Waals surface area (Å²) in [6.07, 6.45) is 0.941. The molecule has 2 aliphatic heterocycles. The molecule has 0 amide bonds. The third kappa shape index (κ3) is 2.59. The van der Waals surface area contributed by atoms with Gasteiger partial charge in [0.05, 0.1) is 19.3 Å². The summed E-state index contributed by atoms with van der Waals surface area (Å²) in [6, 6.07) is 3.21. The van der Waals surface area contributed by atoms with Crippen molar-refractivity contribution in [2.24, 2.45) is 5.92 Å². The van der Waals surface area contributed by atoms with E-state index in [1.54, 1.807) is 20.1 Å². The molecule has 4 atom stereocenters. The van der Waals surface area contributed by atoms with Crippen molar-refractivity contribution in [3.63, 3.8) is 0 Å². The van der Waals surface area contributed by atoms with Crippen molar-refractivity contribution in [1.82, 2.24) is 0 Å². The largest absolute Gasteiger partial charge is 0.496 e. The fourth-order valence-electron chi connectivity index (χ4n) is 4.26. The van der Waals surface area contributed by atoms with E-state index in [9.17, 15) is 9.90 Å². The molecule has 6 nitrogen and oxygen atoms in total. The molecule has 2 aliphatic rings. The predicted octanol–water partition coefficient (Wildman–Crippen LogP) is 2.94. The molecule has 2 aromatic rings. The fraction of sp³-hybridized carbons (Fsp3) is 0.550. The maximum atomic E-state index is 12.7. The number of hydrogen-bond acceptors (Lipinski definition) is 6.